The van der Waals surface area contributed by atoms with E-state index in [4.69, 9.17) is 4.74 Å². The second-order valence-corrected chi connectivity index (χ2v) is 8.34. The molecule has 0 bridgehead atoms. The van der Waals surface area contributed by atoms with Crippen molar-refractivity contribution in [3.8, 4) is 0 Å². The van der Waals surface area contributed by atoms with Crippen molar-refractivity contribution in [1.29, 1.82) is 0 Å². The highest BCUT2D eigenvalue weighted by molar-refractivity contribution is 5.87. The van der Waals surface area contributed by atoms with Gasteiger partial charge in [-0.3, -0.25) is 4.79 Å². The molecule has 2 rings (SSSR count). The largest absolute Gasteiger partial charge is 0.480 e. The second-order valence-electron chi connectivity index (χ2n) is 8.34. The Hall–Kier alpha value is -1.10. The normalized spacial score (nSPS) is 28.1. The molecule has 2 fully saturated rings. The maximum absolute atomic E-state index is 12.4. The molecule has 0 aromatic rings. The van der Waals surface area contributed by atoms with Crippen LogP contribution in [0.25, 0.3) is 0 Å². The van der Waals surface area contributed by atoms with E-state index >= 15 is 0 Å². The molecule has 2 aliphatic rings. The summed E-state index contributed by atoms with van der Waals surface area (Å²) in [6.45, 7) is 7.64. The number of nitrogens with one attached hydrogen (secondary N) is 1. The quantitative estimate of drug-likeness (QED) is 0.833. The highest BCUT2D eigenvalue weighted by Gasteiger charge is 2.42. The Labute approximate surface area is 139 Å². The molecule has 5 heteroatoms. The van der Waals surface area contributed by atoms with Gasteiger partial charge in [0.05, 0.1) is 0 Å². The predicted octanol–water partition coefficient (Wildman–Crippen LogP) is 2.98. The van der Waals surface area contributed by atoms with Crippen molar-refractivity contribution >= 4 is 11.9 Å². The van der Waals surface area contributed by atoms with Gasteiger partial charge in [0.25, 0.3) is 0 Å². The number of carbonyl (C=O) groups excluding carboxylic acids is 1. The number of hydrogen-bond acceptors (Lipinski definition) is 3. The van der Waals surface area contributed by atoms with E-state index in [0.717, 1.165) is 18.8 Å². The van der Waals surface area contributed by atoms with Crippen LogP contribution in [-0.4, -0.2) is 35.7 Å². The van der Waals surface area contributed by atoms with Gasteiger partial charge in [0, 0.05) is 32.5 Å². The third-order valence-corrected chi connectivity index (χ3v) is 5.68. The Morgan fingerprint density at radius 3 is 2.17 bits per heavy atom. The summed E-state index contributed by atoms with van der Waals surface area (Å²) in [4.78, 5) is 23.9. The van der Waals surface area contributed by atoms with Gasteiger partial charge in [-0.1, -0.05) is 20.8 Å². The van der Waals surface area contributed by atoms with Crippen molar-refractivity contribution in [2.24, 2.45) is 17.3 Å². The minimum absolute atomic E-state index is 0.117. The zero-order valence-electron chi connectivity index (χ0n) is 14.7. The number of ether oxygens (including phenoxy) is 1. The molecule has 5 nitrogen and oxygen atoms in total. The first kappa shape index (κ1) is 18.2. The van der Waals surface area contributed by atoms with Crippen LogP contribution < -0.4 is 5.32 Å². The Balaban J connectivity index is 1.84. The number of hydrogen-bond donors (Lipinski definition) is 2. The molecule has 23 heavy (non-hydrogen) atoms. The fraction of sp³-hybridized carbons (Fsp3) is 0.889. The second kappa shape index (κ2) is 7.20. The number of carbonyl (C=O) groups is 2. The van der Waals surface area contributed by atoms with Crippen molar-refractivity contribution in [1.82, 2.24) is 5.32 Å². The van der Waals surface area contributed by atoms with Crippen LogP contribution in [0.4, 0.5) is 0 Å². The van der Waals surface area contributed by atoms with Crippen LogP contribution >= 0.6 is 0 Å². The lowest BCUT2D eigenvalue weighted by atomic mass is 9.69. The molecule has 1 heterocycles. The van der Waals surface area contributed by atoms with Gasteiger partial charge >= 0.3 is 5.97 Å². The number of amides is 1. The summed E-state index contributed by atoms with van der Waals surface area (Å²) < 4.78 is 5.24. The van der Waals surface area contributed by atoms with Gasteiger partial charge in [-0.25, -0.2) is 4.79 Å². The molecule has 0 radical (unpaired) electrons. The summed E-state index contributed by atoms with van der Waals surface area (Å²) in [5.74, 6) is 0.0565. The van der Waals surface area contributed by atoms with Crippen molar-refractivity contribution < 1.29 is 19.4 Å². The first-order valence-electron chi connectivity index (χ1n) is 8.85. The van der Waals surface area contributed by atoms with Crippen molar-refractivity contribution in [3.05, 3.63) is 0 Å². The molecule has 132 valence electrons. The third-order valence-electron chi connectivity index (χ3n) is 5.68. The van der Waals surface area contributed by atoms with Crippen LogP contribution in [0, 0.1) is 17.3 Å². The summed E-state index contributed by atoms with van der Waals surface area (Å²) in [5.41, 5.74) is -0.791. The van der Waals surface area contributed by atoms with Gasteiger partial charge in [0.15, 0.2) is 0 Å². The third kappa shape index (κ3) is 4.69. The van der Waals surface area contributed by atoms with E-state index in [1.54, 1.807) is 0 Å². The molecule has 1 saturated carbocycles. The summed E-state index contributed by atoms with van der Waals surface area (Å²) >= 11 is 0. The zero-order valence-corrected chi connectivity index (χ0v) is 14.7. The van der Waals surface area contributed by atoms with Gasteiger partial charge in [-0.15, -0.1) is 0 Å². The fourth-order valence-corrected chi connectivity index (χ4v) is 3.92. The molecular formula is C18H31NO4. The van der Waals surface area contributed by atoms with Crippen molar-refractivity contribution in [2.75, 3.05) is 13.2 Å². The molecule has 1 aliphatic heterocycles. The molecule has 2 N–H and O–H groups in total. The highest BCUT2D eigenvalue weighted by atomic mass is 16.5. The average Bonchev–Trinajstić information content (AvgIpc) is 2.47. The monoisotopic (exact) mass is 325 g/mol. The first-order valence-corrected chi connectivity index (χ1v) is 8.85. The Morgan fingerprint density at radius 2 is 1.70 bits per heavy atom. The number of aliphatic carboxylic acids is 1. The van der Waals surface area contributed by atoms with Gasteiger partial charge in [0.2, 0.25) is 5.91 Å². The van der Waals surface area contributed by atoms with Crippen LogP contribution in [0.1, 0.15) is 65.7 Å². The summed E-state index contributed by atoms with van der Waals surface area (Å²) in [6.07, 6.45) is 5.62. The lowest BCUT2D eigenvalue weighted by Gasteiger charge is -2.37. The van der Waals surface area contributed by atoms with E-state index in [1.165, 1.54) is 12.8 Å². The number of carboxylic acid groups (broad SMARTS) is 1. The Bertz CT molecular complexity index is 427. The summed E-state index contributed by atoms with van der Waals surface area (Å²) in [7, 11) is 0. The zero-order chi connectivity index (χ0) is 17.1. The van der Waals surface area contributed by atoms with Gasteiger partial charge in [0.1, 0.15) is 5.54 Å². The maximum Gasteiger partial charge on any atom is 0.329 e. The molecular weight excluding hydrogens is 294 g/mol. The fourth-order valence-electron chi connectivity index (χ4n) is 3.92. The number of carboxylic acids is 1. The number of rotatable bonds is 4. The van der Waals surface area contributed by atoms with Crippen LogP contribution in [-0.2, 0) is 14.3 Å². The summed E-state index contributed by atoms with van der Waals surface area (Å²) in [5, 5.41) is 12.3. The van der Waals surface area contributed by atoms with E-state index in [9.17, 15) is 14.7 Å². The Kier molecular flexibility index (Phi) is 5.71. The minimum Gasteiger partial charge on any atom is -0.480 e. The smallest absolute Gasteiger partial charge is 0.329 e. The molecule has 0 spiro atoms. The SMILES string of the molecule is CC(C)(C)C1CCC(CC(=O)NC2(C(=O)O)CCOCC2)CC1. The van der Waals surface area contributed by atoms with Crippen molar-refractivity contribution in [3.63, 3.8) is 0 Å². The standard InChI is InChI=1S/C18H31NO4/c1-17(2,3)14-6-4-13(5-7-14)12-15(20)19-18(16(21)22)8-10-23-11-9-18/h13-14H,4-12H2,1-3H3,(H,19,20)(H,21,22). The first-order chi connectivity index (χ1) is 10.7. The topological polar surface area (TPSA) is 75.6 Å². The molecule has 0 aromatic carbocycles. The van der Waals surface area contributed by atoms with E-state index in [-0.39, 0.29) is 5.91 Å². The van der Waals surface area contributed by atoms with Crippen LogP contribution in [0.5, 0.6) is 0 Å². The van der Waals surface area contributed by atoms with E-state index in [1.807, 2.05) is 0 Å². The van der Waals surface area contributed by atoms with Gasteiger partial charge < -0.3 is 15.2 Å². The van der Waals surface area contributed by atoms with E-state index in [2.05, 4.69) is 26.1 Å². The van der Waals surface area contributed by atoms with Crippen LogP contribution in [0.3, 0.4) is 0 Å². The van der Waals surface area contributed by atoms with E-state index in [0.29, 0.717) is 43.8 Å². The van der Waals surface area contributed by atoms with Crippen molar-refractivity contribution in [2.45, 2.75) is 71.3 Å². The molecule has 0 atom stereocenters. The molecule has 0 aromatic heterocycles. The molecule has 1 amide bonds. The molecule has 1 saturated heterocycles. The average molecular weight is 325 g/mol. The maximum atomic E-state index is 12.4. The Morgan fingerprint density at radius 1 is 1.13 bits per heavy atom. The van der Waals surface area contributed by atoms with Crippen LogP contribution in [0.2, 0.25) is 0 Å². The van der Waals surface area contributed by atoms with E-state index < -0.39 is 11.5 Å². The lowest BCUT2D eigenvalue weighted by Crippen LogP contribution is -2.57. The van der Waals surface area contributed by atoms with Gasteiger partial charge in [-0.05, 0) is 42.9 Å². The lowest BCUT2D eigenvalue weighted by molar-refractivity contribution is -0.152. The van der Waals surface area contributed by atoms with Crippen LogP contribution in [0.15, 0.2) is 0 Å². The minimum atomic E-state index is -1.13. The van der Waals surface area contributed by atoms with Gasteiger partial charge in [-0.2, -0.15) is 0 Å². The molecule has 1 aliphatic carbocycles. The molecule has 0 unspecified atom stereocenters. The predicted molar refractivity (Wildman–Crippen MR) is 88.1 cm³/mol. The summed E-state index contributed by atoms with van der Waals surface area (Å²) in [6, 6.07) is 0. The highest BCUT2D eigenvalue weighted by Crippen LogP contribution is 2.40.